The molecule has 0 spiro atoms. The summed E-state index contributed by atoms with van der Waals surface area (Å²) in [7, 11) is 0. The molecule has 4 rings (SSSR count). The normalized spacial score (nSPS) is 11.1. The van der Waals surface area contributed by atoms with Crippen LogP contribution in [0.4, 0.5) is 0 Å². The molecule has 4 nitrogen and oxygen atoms in total. The highest BCUT2D eigenvalue weighted by molar-refractivity contribution is 7.98. The Balaban J connectivity index is 1.63. The summed E-state index contributed by atoms with van der Waals surface area (Å²) in [4.78, 5) is 0. The molecule has 0 aliphatic carbocycles. The van der Waals surface area contributed by atoms with Crippen LogP contribution in [0.25, 0.3) is 16.5 Å². The van der Waals surface area contributed by atoms with E-state index in [9.17, 15) is 0 Å². The number of rotatable bonds is 4. The van der Waals surface area contributed by atoms with Crippen LogP contribution in [0.3, 0.4) is 0 Å². The van der Waals surface area contributed by atoms with Crippen molar-refractivity contribution < 1.29 is 0 Å². The Morgan fingerprint density at radius 1 is 0.960 bits per heavy atom. The van der Waals surface area contributed by atoms with E-state index in [2.05, 4.69) is 90.0 Å². The maximum absolute atomic E-state index is 4.22. The maximum Gasteiger partial charge on any atom is 0.214 e. The lowest BCUT2D eigenvalue weighted by Crippen LogP contribution is -2.02. The molecule has 1 heterocycles. The first-order valence-corrected chi connectivity index (χ1v) is 9.16. The predicted molar refractivity (Wildman–Crippen MR) is 102 cm³/mol. The minimum Gasteiger partial charge on any atom is -0.187 e. The first-order chi connectivity index (χ1) is 12.2. The summed E-state index contributed by atoms with van der Waals surface area (Å²) in [6.07, 6.45) is 0. The number of aromatic nitrogens is 4. The quantitative estimate of drug-likeness (QED) is 0.501. The van der Waals surface area contributed by atoms with Gasteiger partial charge in [-0.15, -0.1) is 5.10 Å². The highest BCUT2D eigenvalue weighted by Crippen LogP contribution is 2.27. The van der Waals surface area contributed by atoms with Crippen LogP contribution in [0.15, 0.2) is 65.8 Å². The largest absolute Gasteiger partial charge is 0.214 e. The average Bonchev–Trinajstić information content (AvgIpc) is 3.08. The van der Waals surface area contributed by atoms with Gasteiger partial charge < -0.3 is 0 Å². The molecule has 3 aromatic carbocycles. The van der Waals surface area contributed by atoms with E-state index >= 15 is 0 Å². The molecule has 0 aliphatic rings. The highest BCUT2D eigenvalue weighted by Gasteiger charge is 2.12. The van der Waals surface area contributed by atoms with Crippen molar-refractivity contribution in [2.45, 2.75) is 24.8 Å². The lowest BCUT2D eigenvalue weighted by atomic mass is 10.1. The standard InChI is InChI=1S/C20H18N4S/c1-14-10-11-19(15(2)12-14)24-20(21-22-23-24)25-13-17-8-5-7-16-6-3-4-9-18(16)17/h3-12H,13H2,1-2H3. The van der Waals surface area contributed by atoms with Crippen LogP contribution < -0.4 is 0 Å². The zero-order valence-corrected chi connectivity index (χ0v) is 15.0. The van der Waals surface area contributed by atoms with E-state index in [0.717, 1.165) is 16.6 Å². The Morgan fingerprint density at radius 3 is 2.68 bits per heavy atom. The fourth-order valence-corrected chi connectivity index (χ4v) is 3.91. The summed E-state index contributed by atoms with van der Waals surface area (Å²) < 4.78 is 1.82. The third-order valence-corrected chi connectivity index (χ3v) is 5.23. The van der Waals surface area contributed by atoms with Gasteiger partial charge in [0.2, 0.25) is 5.16 Å². The third kappa shape index (κ3) is 3.15. The summed E-state index contributed by atoms with van der Waals surface area (Å²) in [5, 5.41) is 15.6. The number of hydrogen-bond acceptors (Lipinski definition) is 4. The molecule has 0 unspecified atom stereocenters. The third-order valence-electron chi connectivity index (χ3n) is 4.26. The van der Waals surface area contributed by atoms with Gasteiger partial charge in [0, 0.05) is 5.75 Å². The topological polar surface area (TPSA) is 43.6 Å². The molecule has 4 aromatic rings. The number of thioether (sulfide) groups is 1. The van der Waals surface area contributed by atoms with Gasteiger partial charge in [-0.05, 0) is 52.2 Å². The van der Waals surface area contributed by atoms with E-state index in [4.69, 9.17) is 0 Å². The second-order valence-electron chi connectivity index (χ2n) is 6.09. The molecule has 0 radical (unpaired) electrons. The van der Waals surface area contributed by atoms with Crippen LogP contribution in [0.1, 0.15) is 16.7 Å². The van der Waals surface area contributed by atoms with E-state index in [1.165, 1.54) is 27.5 Å². The van der Waals surface area contributed by atoms with Crippen LogP contribution in [0, 0.1) is 13.8 Å². The number of nitrogens with zero attached hydrogens (tertiary/aromatic N) is 4. The number of tetrazole rings is 1. The Morgan fingerprint density at radius 2 is 1.80 bits per heavy atom. The second-order valence-corrected chi connectivity index (χ2v) is 7.03. The Kier molecular flexibility index (Phi) is 4.24. The molecule has 25 heavy (non-hydrogen) atoms. The zero-order valence-electron chi connectivity index (χ0n) is 14.2. The van der Waals surface area contributed by atoms with Gasteiger partial charge in [-0.25, -0.2) is 0 Å². The summed E-state index contributed by atoms with van der Waals surface area (Å²) in [5.41, 5.74) is 4.72. The number of benzene rings is 3. The molecule has 0 N–H and O–H groups in total. The summed E-state index contributed by atoms with van der Waals surface area (Å²) in [5.74, 6) is 0.826. The van der Waals surface area contributed by atoms with Crippen molar-refractivity contribution in [2.24, 2.45) is 0 Å². The molecule has 5 heteroatoms. The SMILES string of the molecule is Cc1ccc(-n2nnnc2SCc2cccc3ccccc23)c(C)c1. The molecule has 0 bridgehead atoms. The Labute approximate surface area is 150 Å². The van der Waals surface area contributed by atoms with Crippen molar-refractivity contribution >= 4 is 22.5 Å². The molecular formula is C20H18N4S. The van der Waals surface area contributed by atoms with E-state index in [-0.39, 0.29) is 0 Å². The van der Waals surface area contributed by atoms with Gasteiger partial charge in [0.15, 0.2) is 0 Å². The van der Waals surface area contributed by atoms with Crippen LogP contribution >= 0.6 is 11.8 Å². The summed E-state index contributed by atoms with van der Waals surface area (Å²) >= 11 is 1.66. The van der Waals surface area contributed by atoms with Crippen LogP contribution in [0.2, 0.25) is 0 Å². The van der Waals surface area contributed by atoms with Crippen molar-refractivity contribution in [1.82, 2.24) is 20.2 Å². The lowest BCUT2D eigenvalue weighted by molar-refractivity contribution is 0.751. The Hall–Kier alpha value is -2.66. The maximum atomic E-state index is 4.22. The number of fused-ring (bicyclic) bond motifs is 1. The average molecular weight is 346 g/mol. The number of hydrogen-bond donors (Lipinski definition) is 0. The van der Waals surface area contributed by atoms with Gasteiger partial charge in [-0.1, -0.05) is 71.9 Å². The van der Waals surface area contributed by atoms with Crippen molar-refractivity contribution in [3.05, 3.63) is 77.4 Å². The molecule has 1 aromatic heterocycles. The predicted octanol–water partition coefficient (Wildman–Crippen LogP) is 4.72. The molecular weight excluding hydrogens is 328 g/mol. The van der Waals surface area contributed by atoms with Crippen molar-refractivity contribution in [3.63, 3.8) is 0 Å². The van der Waals surface area contributed by atoms with Crippen LogP contribution in [0.5, 0.6) is 0 Å². The molecule has 0 saturated heterocycles. The Bertz CT molecular complexity index is 1030. The van der Waals surface area contributed by atoms with Gasteiger partial charge in [0.05, 0.1) is 5.69 Å². The first-order valence-electron chi connectivity index (χ1n) is 8.18. The van der Waals surface area contributed by atoms with Crippen LogP contribution in [-0.4, -0.2) is 20.2 Å². The van der Waals surface area contributed by atoms with Gasteiger partial charge in [0.1, 0.15) is 0 Å². The number of aryl methyl sites for hydroxylation is 2. The fourth-order valence-electron chi connectivity index (χ4n) is 3.02. The molecule has 0 fully saturated rings. The van der Waals surface area contributed by atoms with Crippen molar-refractivity contribution in [1.29, 1.82) is 0 Å². The van der Waals surface area contributed by atoms with Crippen molar-refractivity contribution in [3.8, 4) is 5.69 Å². The summed E-state index contributed by atoms with van der Waals surface area (Å²) in [6, 6.07) is 21.2. The molecule has 0 atom stereocenters. The highest BCUT2D eigenvalue weighted by atomic mass is 32.2. The molecule has 0 aliphatic heterocycles. The fraction of sp³-hybridized carbons (Fsp3) is 0.150. The lowest BCUT2D eigenvalue weighted by Gasteiger charge is -2.09. The van der Waals surface area contributed by atoms with E-state index < -0.39 is 0 Å². The van der Waals surface area contributed by atoms with Crippen LogP contribution in [-0.2, 0) is 5.75 Å². The molecule has 0 saturated carbocycles. The zero-order chi connectivity index (χ0) is 17.2. The van der Waals surface area contributed by atoms with Gasteiger partial charge in [-0.2, -0.15) is 4.68 Å². The minimum atomic E-state index is 0.805. The van der Waals surface area contributed by atoms with Gasteiger partial charge in [0.25, 0.3) is 0 Å². The van der Waals surface area contributed by atoms with Crippen molar-refractivity contribution in [2.75, 3.05) is 0 Å². The second kappa shape index (κ2) is 6.69. The minimum absolute atomic E-state index is 0.805. The van der Waals surface area contributed by atoms with Gasteiger partial charge >= 0.3 is 0 Å². The van der Waals surface area contributed by atoms with Gasteiger partial charge in [-0.3, -0.25) is 0 Å². The van der Waals surface area contributed by atoms with E-state index in [1.54, 1.807) is 11.8 Å². The smallest absolute Gasteiger partial charge is 0.187 e. The van der Waals surface area contributed by atoms with E-state index in [0.29, 0.717) is 0 Å². The molecule has 124 valence electrons. The molecule has 0 amide bonds. The first kappa shape index (κ1) is 15.8. The van der Waals surface area contributed by atoms with E-state index in [1.807, 2.05) is 4.68 Å². The summed E-state index contributed by atoms with van der Waals surface area (Å²) in [6.45, 7) is 4.18. The monoisotopic (exact) mass is 346 g/mol.